The summed E-state index contributed by atoms with van der Waals surface area (Å²) in [5, 5.41) is 8.40. The fourth-order valence-corrected chi connectivity index (χ4v) is 1.07. The maximum atomic E-state index is 8.40. The van der Waals surface area contributed by atoms with Crippen molar-refractivity contribution in [3.05, 3.63) is 31.4 Å². The molecular formula is C9H11N3. The maximum absolute atomic E-state index is 8.40. The number of nitrogens with zero attached hydrogens (tertiary/aromatic N) is 3. The first-order chi connectivity index (χ1) is 5.88. The van der Waals surface area contributed by atoms with Gasteiger partial charge in [-0.05, 0) is 6.42 Å². The van der Waals surface area contributed by atoms with Crippen LogP contribution in [0.25, 0.3) is 0 Å². The largest absolute Gasteiger partial charge is 0.331 e. The summed E-state index contributed by atoms with van der Waals surface area (Å²) in [4.78, 5) is 3.93. The van der Waals surface area contributed by atoms with Crippen LogP contribution < -0.4 is 0 Å². The molecule has 0 radical (unpaired) electrons. The van der Waals surface area contributed by atoms with Crippen LogP contribution in [0.15, 0.2) is 31.4 Å². The standard InChI is InChI=1S/C9H11N3/c1-2-9(4-3-5-10)12-7-6-11-8-12/h2,6-9H,1,3-4H2. The summed E-state index contributed by atoms with van der Waals surface area (Å²) >= 11 is 0. The molecule has 0 aromatic carbocycles. The van der Waals surface area contributed by atoms with E-state index in [2.05, 4.69) is 17.6 Å². The molecule has 0 amide bonds. The molecule has 62 valence electrons. The van der Waals surface area contributed by atoms with Gasteiger partial charge in [-0.1, -0.05) is 6.08 Å². The molecule has 0 saturated carbocycles. The van der Waals surface area contributed by atoms with Crippen molar-refractivity contribution in [3.63, 3.8) is 0 Å². The number of rotatable bonds is 4. The van der Waals surface area contributed by atoms with Gasteiger partial charge in [-0.2, -0.15) is 5.26 Å². The van der Waals surface area contributed by atoms with Gasteiger partial charge in [0.05, 0.1) is 18.4 Å². The van der Waals surface area contributed by atoms with Gasteiger partial charge in [0.1, 0.15) is 0 Å². The summed E-state index contributed by atoms with van der Waals surface area (Å²) in [7, 11) is 0. The van der Waals surface area contributed by atoms with Gasteiger partial charge in [0.2, 0.25) is 0 Å². The smallest absolute Gasteiger partial charge is 0.0951 e. The molecule has 3 nitrogen and oxygen atoms in total. The molecule has 3 heteroatoms. The molecule has 0 bridgehead atoms. The highest BCUT2D eigenvalue weighted by atomic mass is 15.0. The minimum atomic E-state index is 0.201. The van der Waals surface area contributed by atoms with E-state index in [4.69, 9.17) is 5.26 Å². The van der Waals surface area contributed by atoms with Gasteiger partial charge in [-0.25, -0.2) is 4.98 Å². The van der Waals surface area contributed by atoms with E-state index in [1.807, 2.05) is 16.8 Å². The molecule has 1 rings (SSSR count). The van der Waals surface area contributed by atoms with E-state index in [0.717, 1.165) is 6.42 Å². The molecule has 0 aliphatic carbocycles. The van der Waals surface area contributed by atoms with Gasteiger partial charge in [-0.15, -0.1) is 6.58 Å². The van der Waals surface area contributed by atoms with E-state index < -0.39 is 0 Å². The second-order valence-electron chi connectivity index (χ2n) is 2.51. The lowest BCUT2D eigenvalue weighted by atomic mass is 10.1. The summed E-state index contributed by atoms with van der Waals surface area (Å²) in [6, 6.07) is 2.31. The second-order valence-corrected chi connectivity index (χ2v) is 2.51. The van der Waals surface area contributed by atoms with E-state index in [0.29, 0.717) is 6.42 Å². The lowest BCUT2D eigenvalue weighted by Crippen LogP contribution is -2.02. The molecule has 1 aromatic heterocycles. The molecule has 0 aliphatic rings. The first-order valence-electron chi connectivity index (χ1n) is 3.85. The van der Waals surface area contributed by atoms with Crippen molar-refractivity contribution >= 4 is 0 Å². The normalized spacial score (nSPS) is 11.9. The van der Waals surface area contributed by atoms with Crippen LogP contribution in [0.2, 0.25) is 0 Å². The van der Waals surface area contributed by atoms with Crippen molar-refractivity contribution in [1.82, 2.24) is 9.55 Å². The highest BCUT2D eigenvalue weighted by Crippen LogP contribution is 2.13. The van der Waals surface area contributed by atoms with Crippen LogP contribution in [0.5, 0.6) is 0 Å². The number of hydrogen-bond acceptors (Lipinski definition) is 2. The zero-order valence-electron chi connectivity index (χ0n) is 6.85. The van der Waals surface area contributed by atoms with Crippen molar-refractivity contribution in [1.29, 1.82) is 5.26 Å². The first-order valence-corrected chi connectivity index (χ1v) is 3.85. The molecular weight excluding hydrogens is 150 g/mol. The fraction of sp³-hybridized carbons (Fsp3) is 0.333. The number of imidazole rings is 1. The maximum Gasteiger partial charge on any atom is 0.0951 e. The average molecular weight is 161 g/mol. The van der Waals surface area contributed by atoms with E-state index in [-0.39, 0.29) is 6.04 Å². The van der Waals surface area contributed by atoms with Crippen LogP contribution in [0, 0.1) is 11.3 Å². The number of nitriles is 1. The lowest BCUT2D eigenvalue weighted by molar-refractivity contribution is 0.566. The van der Waals surface area contributed by atoms with Gasteiger partial charge >= 0.3 is 0 Å². The van der Waals surface area contributed by atoms with E-state index in [1.165, 1.54) is 0 Å². The molecule has 1 heterocycles. The van der Waals surface area contributed by atoms with Crippen LogP contribution in [-0.4, -0.2) is 9.55 Å². The van der Waals surface area contributed by atoms with Crippen molar-refractivity contribution < 1.29 is 0 Å². The van der Waals surface area contributed by atoms with E-state index in [1.54, 1.807) is 12.5 Å². The van der Waals surface area contributed by atoms with Gasteiger partial charge in [0.15, 0.2) is 0 Å². The Balaban J connectivity index is 2.58. The van der Waals surface area contributed by atoms with Crippen LogP contribution in [0.1, 0.15) is 18.9 Å². The van der Waals surface area contributed by atoms with Gasteiger partial charge in [0, 0.05) is 18.8 Å². The Kier molecular flexibility index (Phi) is 3.09. The highest BCUT2D eigenvalue weighted by molar-refractivity contribution is 4.91. The Bertz CT molecular complexity index is 268. The molecule has 0 spiro atoms. The molecule has 1 unspecified atom stereocenters. The third kappa shape index (κ3) is 1.96. The number of aromatic nitrogens is 2. The molecule has 0 fully saturated rings. The summed E-state index contributed by atoms with van der Waals surface area (Å²) in [6.45, 7) is 3.71. The van der Waals surface area contributed by atoms with Crippen molar-refractivity contribution in [3.8, 4) is 6.07 Å². The fourth-order valence-electron chi connectivity index (χ4n) is 1.07. The van der Waals surface area contributed by atoms with E-state index >= 15 is 0 Å². The summed E-state index contributed by atoms with van der Waals surface area (Å²) in [5.74, 6) is 0. The van der Waals surface area contributed by atoms with Crippen molar-refractivity contribution in [2.45, 2.75) is 18.9 Å². The minimum absolute atomic E-state index is 0.201. The summed E-state index contributed by atoms with van der Waals surface area (Å²) in [5.41, 5.74) is 0. The topological polar surface area (TPSA) is 41.6 Å². The predicted molar refractivity (Wildman–Crippen MR) is 46.3 cm³/mol. The quantitative estimate of drug-likeness (QED) is 0.633. The van der Waals surface area contributed by atoms with Gasteiger partial charge in [0.25, 0.3) is 0 Å². The first kappa shape index (κ1) is 8.54. The third-order valence-electron chi connectivity index (χ3n) is 1.73. The van der Waals surface area contributed by atoms with Gasteiger partial charge < -0.3 is 4.57 Å². The van der Waals surface area contributed by atoms with Gasteiger partial charge in [-0.3, -0.25) is 0 Å². The Labute approximate surface area is 72.0 Å². The van der Waals surface area contributed by atoms with Crippen LogP contribution >= 0.6 is 0 Å². The Morgan fingerprint density at radius 3 is 3.08 bits per heavy atom. The molecule has 1 atom stereocenters. The van der Waals surface area contributed by atoms with Crippen molar-refractivity contribution in [2.75, 3.05) is 0 Å². The SMILES string of the molecule is C=CC(CCC#N)n1ccnc1. The van der Waals surface area contributed by atoms with Crippen LogP contribution in [0.4, 0.5) is 0 Å². The summed E-state index contributed by atoms with van der Waals surface area (Å²) in [6.07, 6.45) is 8.53. The minimum Gasteiger partial charge on any atom is -0.331 e. The molecule has 1 aromatic rings. The van der Waals surface area contributed by atoms with Crippen LogP contribution in [-0.2, 0) is 0 Å². The number of allylic oxidation sites excluding steroid dienone is 1. The molecule has 0 N–H and O–H groups in total. The molecule has 12 heavy (non-hydrogen) atoms. The Hall–Kier alpha value is -1.56. The Morgan fingerprint density at radius 2 is 2.58 bits per heavy atom. The number of hydrogen-bond donors (Lipinski definition) is 0. The molecule has 0 aliphatic heterocycles. The van der Waals surface area contributed by atoms with Crippen molar-refractivity contribution in [2.24, 2.45) is 0 Å². The molecule has 0 saturated heterocycles. The lowest BCUT2D eigenvalue weighted by Gasteiger charge is -2.10. The summed E-state index contributed by atoms with van der Waals surface area (Å²) < 4.78 is 1.95. The zero-order chi connectivity index (χ0) is 8.81. The zero-order valence-corrected chi connectivity index (χ0v) is 6.85. The average Bonchev–Trinajstić information content (AvgIpc) is 2.59. The highest BCUT2D eigenvalue weighted by Gasteiger charge is 2.03. The second kappa shape index (κ2) is 4.35. The van der Waals surface area contributed by atoms with Crippen LogP contribution in [0.3, 0.4) is 0 Å². The predicted octanol–water partition coefficient (Wildman–Crippen LogP) is 1.91. The Morgan fingerprint density at radius 1 is 1.75 bits per heavy atom. The van der Waals surface area contributed by atoms with E-state index in [9.17, 15) is 0 Å². The third-order valence-corrected chi connectivity index (χ3v) is 1.73. The monoisotopic (exact) mass is 161 g/mol.